The van der Waals surface area contributed by atoms with E-state index in [0.717, 1.165) is 0 Å². The molecule has 0 bridgehead atoms. The average Bonchev–Trinajstić information content (AvgIpc) is 3.38. The molecule has 1 fully saturated rings. The summed E-state index contributed by atoms with van der Waals surface area (Å²) >= 11 is 0. The van der Waals surface area contributed by atoms with Crippen molar-refractivity contribution >= 4 is 31.5 Å². The van der Waals surface area contributed by atoms with Crippen molar-refractivity contribution in [2.45, 2.75) is 17.4 Å². The standard InChI is InChI=1S/C18H18N6O5S2/c25-18(13-3-1-12(2-4-13)17-20-23-24-21-17)19-14-5-7-16(8-6-14)31(28,29)22-15-9-10-30(26,27)11-15/h1-8,15,22H,9-11H2,(H,19,25)(H,20,21,23,24). The number of aromatic nitrogens is 4. The molecule has 0 saturated carbocycles. The predicted molar refractivity (Wildman–Crippen MR) is 111 cm³/mol. The van der Waals surface area contributed by atoms with Crippen LogP contribution in [-0.2, 0) is 19.9 Å². The summed E-state index contributed by atoms with van der Waals surface area (Å²) in [6.45, 7) is 0. The molecule has 162 valence electrons. The molecule has 2 aromatic carbocycles. The Morgan fingerprint density at radius 2 is 1.77 bits per heavy atom. The van der Waals surface area contributed by atoms with Gasteiger partial charge in [0.05, 0.1) is 16.4 Å². The number of amides is 1. The zero-order valence-electron chi connectivity index (χ0n) is 16.0. The maximum absolute atomic E-state index is 12.5. The monoisotopic (exact) mass is 462 g/mol. The number of benzene rings is 2. The first-order valence-electron chi connectivity index (χ1n) is 9.20. The van der Waals surface area contributed by atoms with Crippen molar-refractivity contribution in [3.63, 3.8) is 0 Å². The lowest BCUT2D eigenvalue weighted by molar-refractivity contribution is 0.102. The smallest absolute Gasteiger partial charge is 0.255 e. The molecule has 1 aromatic heterocycles. The van der Waals surface area contributed by atoms with Crippen LogP contribution in [0.2, 0.25) is 0 Å². The molecule has 31 heavy (non-hydrogen) atoms. The average molecular weight is 463 g/mol. The van der Waals surface area contributed by atoms with Gasteiger partial charge >= 0.3 is 0 Å². The van der Waals surface area contributed by atoms with Crippen LogP contribution >= 0.6 is 0 Å². The zero-order valence-corrected chi connectivity index (χ0v) is 17.6. The Hall–Kier alpha value is -3.16. The fourth-order valence-corrected chi connectivity index (χ4v) is 6.20. The predicted octanol–water partition coefficient (Wildman–Crippen LogP) is 0.584. The molecule has 13 heteroatoms. The third-order valence-electron chi connectivity index (χ3n) is 4.73. The van der Waals surface area contributed by atoms with E-state index in [4.69, 9.17) is 0 Å². The number of hydrogen-bond donors (Lipinski definition) is 3. The number of sulfone groups is 1. The minimum absolute atomic E-state index is 0.0146. The Morgan fingerprint density at radius 3 is 2.35 bits per heavy atom. The van der Waals surface area contributed by atoms with Crippen molar-refractivity contribution < 1.29 is 21.6 Å². The van der Waals surface area contributed by atoms with E-state index in [9.17, 15) is 21.6 Å². The zero-order chi connectivity index (χ0) is 22.1. The highest BCUT2D eigenvalue weighted by molar-refractivity contribution is 7.92. The van der Waals surface area contributed by atoms with E-state index < -0.39 is 25.9 Å². The van der Waals surface area contributed by atoms with Crippen molar-refractivity contribution in [3.05, 3.63) is 54.1 Å². The molecule has 1 unspecified atom stereocenters. The first-order valence-corrected chi connectivity index (χ1v) is 12.5. The quantitative estimate of drug-likeness (QED) is 0.479. The Morgan fingerprint density at radius 1 is 1.06 bits per heavy atom. The van der Waals surface area contributed by atoms with Crippen molar-refractivity contribution in [1.29, 1.82) is 0 Å². The molecule has 4 rings (SSSR count). The number of tetrazole rings is 1. The molecular formula is C18H18N6O5S2. The van der Waals surface area contributed by atoms with Crippen LogP contribution in [0, 0.1) is 0 Å². The summed E-state index contributed by atoms with van der Waals surface area (Å²) in [7, 11) is -7.06. The lowest BCUT2D eigenvalue weighted by Gasteiger charge is -2.12. The highest BCUT2D eigenvalue weighted by Gasteiger charge is 2.31. The van der Waals surface area contributed by atoms with Crippen molar-refractivity contribution in [1.82, 2.24) is 25.3 Å². The highest BCUT2D eigenvalue weighted by atomic mass is 32.2. The van der Waals surface area contributed by atoms with E-state index in [0.29, 0.717) is 22.6 Å². The highest BCUT2D eigenvalue weighted by Crippen LogP contribution is 2.19. The van der Waals surface area contributed by atoms with Crippen molar-refractivity contribution in [2.75, 3.05) is 16.8 Å². The van der Waals surface area contributed by atoms with Gasteiger partial charge in [-0.3, -0.25) is 4.79 Å². The number of aromatic amines is 1. The summed E-state index contributed by atoms with van der Waals surface area (Å²) in [6, 6.07) is 11.6. The van der Waals surface area contributed by atoms with Gasteiger partial charge in [-0.1, -0.05) is 12.1 Å². The second kappa shape index (κ2) is 8.17. The second-order valence-electron chi connectivity index (χ2n) is 7.01. The van der Waals surface area contributed by atoms with Gasteiger partial charge in [0, 0.05) is 22.9 Å². The molecular weight excluding hydrogens is 444 g/mol. The normalized spacial score (nSPS) is 18.0. The molecule has 0 radical (unpaired) electrons. The van der Waals surface area contributed by atoms with Gasteiger partial charge in [0.1, 0.15) is 0 Å². The van der Waals surface area contributed by atoms with E-state index in [1.54, 1.807) is 24.3 Å². The number of carbonyl (C=O) groups excluding carboxylic acids is 1. The summed E-state index contributed by atoms with van der Waals surface area (Å²) in [5.41, 5.74) is 1.50. The van der Waals surface area contributed by atoms with Crippen LogP contribution in [0.25, 0.3) is 11.4 Å². The van der Waals surface area contributed by atoms with Gasteiger partial charge in [0.25, 0.3) is 5.91 Å². The molecule has 0 spiro atoms. The SMILES string of the molecule is O=C(Nc1ccc(S(=O)(=O)NC2CCS(=O)(=O)C2)cc1)c1ccc(-c2nn[nH]n2)cc1. The van der Waals surface area contributed by atoms with Gasteiger partial charge < -0.3 is 5.32 Å². The van der Waals surface area contributed by atoms with Crippen LogP contribution in [-0.4, -0.2) is 60.9 Å². The van der Waals surface area contributed by atoms with Crippen LogP contribution in [0.4, 0.5) is 5.69 Å². The minimum Gasteiger partial charge on any atom is -0.322 e. The number of nitrogens with zero attached hydrogens (tertiary/aromatic N) is 3. The molecule has 1 atom stereocenters. The number of nitrogens with one attached hydrogen (secondary N) is 3. The van der Waals surface area contributed by atoms with E-state index in [2.05, 4.69) is 30.7 Å². The van der Waals surface area contributed by atoms with Gasteiger partial charge in [-0.15, -0.1) is 10.2 Å². The van der Waals surface area contributed by atoms with Gasteiger partial charge in [-0.2, -0.15) is 5.21 Å². The Bertz CT molecular complexity index is 1290. The lowest BCUT2D eigenvalue weighted by atomic mass is 10.1. The Kier molecular flexibility index (Phi) is 5.56. The molecule has 1 aliphatic rings. The molecule has 1 saturated heterocycles. The topological polar surface area (TPSA) is 164 Å². The number of anilines is 1. The first-order chi connectivity index (χ1) is 14.7. The number of carbonyl (C=O) groups is 1. The summed E-state index contributed by atoms with van der Waals surface area (Å²) in [5.74, 6) is -0.190. The van der Waals surface area contributed by atoms with Gasteiger partial charge in [-0.25, -0.2) is 21.6 Å². The van der Waals surface area contributed by atoms with E-state index in [1.807, 2.05) is 0 Å². The number of hydrogen-bond acceptors (Lipinski definition) is 8. The van der Waals surface area contributed by atoms with Gasteiger partial charge in [0.2, 0.25) is 15.8 Å². The maximum atomic E-state index is 12.5. The summed E-state index contributed by atoms with van der Waals surface area (Å²) < 4.78 is 50.4. The number of rotatable bonds is 6. The number of H-pyrrole nitrogens is 1. The van der Waals surface area contributed by atoms with Gasteiger partial charge in [0.15, 0.2) is 9.84 Å². The number of sulfonamides is 1. The summed E-state index contributed by atoms with van der Waals surface area (Å²) in [5, 5.41) is 16.3. The molecule has 1 aliphatic heterocycles. The van der Waals surface area contributed by atoms with Crippen LogP contribution in [0.15, 0.2) is 53.4 Å². The van der Waals surface area contributed by atoms with Crippen molar-refractivity contribution in [3.8, 4) is 11.4 Å². The molecule has 3 aromatic rings. The molecule has 1 amide bonds. The van der Waals surface area contributed by atoms with Crippen LogP contribution < -0.4 is 10.0 Å². The van der Waals surface area contributed by atoms with Crippen LogP contribution in [0.3, 0.4) is 0 Å². The summed E-state index contributed by atoms with van der Waals surface area (Å²) in [6.07, 6.45) is 0.251. The molecule has 3 N–H and O–H groups in total. The second-order valence-corrected chi connectivity index (χ2v) is 11.0. The van der Waals surface area contributed by atoms with Gasteiger partial charge in [-0.05, 0) is 48.0 Å². The van der Waals surface area contributed by atoms with Crippen LogP contribution in [0.5, 0.6) is 0 Å². The van der Waals surface area contributed by atoms with E-state index in [-0.39, 0.29) is 28.7 Å². The van der Waals surface area contributed by atoms with Crippen LogP contribution in [0.1, 0.15) is 16.8 Å². The Labute approximate surface area is 178 Å². The molecule has 11 nitrogen and oxygen atoms in total. The lowest BCUT2D eigenvalue weighted by Crippen LogP contribution is -2.35. The van der Waals surface area contributed by atoms with Crippen molar-refractivity contribution in [2.24, 2.45) is 0 Å². The largest absolute Gasteiger partial charge is 0.322 e. The first kappa shape index (κ1) is 21.1. The maximum Gasteiger partial charge on any atom is 0.255 e. The summed E-state index contributed by atoms with van der Waals surface area (Å²) in [4.78, 5) is 12.4. The molecule has 2 heterocycles. The molecule has 0 aliphatic carbocycles. The fourth-order valence-electron chi connectivity index (χ4n) is 3.15. The fraction of sp³-hybridized carbons (Fsp3) is 0.222. The third kappa shape index (κ3) is 4.95. The Balaban J connectivity index is 1.40. The minimum atomic E-state index is -3.86. The third-order valence-corrected chi connectivity index (χ3v) is 8.03. The van der Waals surface area contributed by atoms with E-state index >= 15 is 0 Å². The van der Waals surface area contributed by atoms with E-state index in [1.165, 1.54) is 24.3 Å².